The fourth-order valence-electron chi connectivity index (χ4n) is 3.78. The minimum atomic E-state index is 0.638. The molecule has 1 aromatic rings. The van der Waals surface area contributed by atoms with Crippen LogP contribution in [0.25, 0.3) is 0 Å². The maximum atomic E-state index is 8.92. The second-order valence-electron chi connectivity index (χ2n) is 6.07. The lowest BCUT2D eigenvalue weighted by molar-refractivity contribution is 0.102. The number of nitrogen functional groups attached to an aromatic ring is 1. The molecule has 20 heavy (non-hydrogen) atoms. The molecule has 106 valence electrons. The Morgan fingerprint density at radius 1 is 1.30 bits per heavy atom. The van der Waals surface area contributed by atoms with Crippen LogP contribution < -0.4 is 10.6 Å². The van der Waals surface area contributed by atoms with Crippen molar-refractivity contribution in [3.63, 3.8) is 0 Å². The third-order valence-electron chi connectivity index (χ3n) is 4.84. The third-order valence-corrected chi connectivity index (χ3v) is 4.84. The second kappa shape index (κ2) is 5.34. The van der Waals surface area contributed by atoms with Crippen molar-refractivity contribution < 1.29 is 0 Å². The van der Waals surface area contributed by atoms with Crippen LogP contribution in [0.3, 0.4) is 0 Å². The first-order chi connectivity index (χ1) is 9.69. The number of hydrogen-bond donors (Lipinski definition) is 1. The van der Waals surface area contributed by atoms with Crippen molar-refractivity contribution in [3.8, 4) is 6.07 Å². The zero-order valence-electron chi connectivity index (χ0n) is 12.0. The number of nitrogens with zero attached hydrogens (tertiary/aromatic N) is 3. The molecule has 2 fully saturated rings. The van der Waals surface area contributed by atoms with Gasteiger partial charge in [-0.2, -0.15) is 5.26 Å². The quantitative estimate of drug-likeness (QED) is 0.794. The molecule has 0 radical (unpaired) electrons. The number of nitriles is 1. The van der Waals surface area contributed by atoms with Gasteiger partial charge in [-0.25, -0.2) is 0 Å². The van der Waals surface area contributed by atoms with E-state index >= 15 is 0 Å². The first-order valence-corrected chi connectivity index (χ1v) is 7.44. The highest BCUT2D eigenvalue weighted by atomic mass is 15.2. The van der Waals surface area contributed by atoms with Crippen LogP contribution in [0, 0.1) is 17.2 Å². The van der Waals surface area contributed by atoms with Crippen molar-refractivity contribution in [1.82, 2.24) is 4.90 Å². The van der Waals surface area contributed by atoms with Gasteiger partial charge in [0.25, 0.3) is 0 Å². The molecule has 2 atom stereocenters. The Bertz CT molecular complexity index is 534. The summed E-state index contributed by atoms with van der Waals surface area (Å²) >= 11 is 0. The van der Waals surface area contributed by atoms with E-state index in [1.165, 1.54) is 25.8 Å². The molecule has 4 heteroatoms. The SMILES string of the molecule is CN1CCCC2CN(c3ccc(C#N)cc3N)CCC21. The standard InChI is InChI=1S/C16H22N4/c1-19-7-2-3-13-11-20(8-6-15(13)19)16-5-4-12(10-17)9-14(16)18/h4-5,9,13,15H,2-3,6-8,11,18H2,1H3. The number of rotatable bonds is 1. The maximum Gasteiger partial charge on any atom is 0.0992 e. The summed E-state index contributed by atoms with van der Waals surface area (Å²) in [7, 11) is 2.25. The summed E-state index contributed by atoms with van der Waals surface area (Å²) < 4.78 is 0. The molecule has 2 aliphatic rings. The van der Waals surface area contributed by atoms with Gasteiger partial charge in [-0.05, 0) is 57.0 Å². The molecule has 2 saturated heterocycles. The van der Waals surface area contributed by atoms with Crippen molar-refractivity contribution in [2.24, 2.45) is 5.92 Å². The molecular weight excluding hydrogens is 248 g/mol. The Morgan fingerprint density at radius 3 is 2.90 bits per heavy atom. The lowest BCUT2D eigenvalue weighted by Crippen LogP contribution is -2.52. The summed E-state index contributed by atoms with van der Waals surface area (Å²) in [6, 6.07) is 8.53. The van der Waals surface area contributed by atoms with E-state index in [0.29, 0.717) is 5.56 Å². The Balaban J connectivity index is 1.78. The van der Waals surface area contributed by atoms with Gasteiger partial charge in [0.05, 0.1) is 23.0 Å². The van der Waals surface area contributed by atoms with Gasteiger partial charge >= 0.3 is 0 Å². The van der Waals surface area contributed by atoms with Crippen molar-refractivity contribution >= 4 is 11.4 Å². The molecule has 0 amide bonds. The largest absolute Gasteiger partial charge is 0.397 e. The van der Waals surface area contributed by atoms with Gasteiger partial charge in [-0.15, -0.1) is 0 Å². The summed E-state index contributed by atoms with van der Waals surface area (Å²) in [5.41, 5.74) is 8.58. The van der Waals surface area contributed by atoms with Crippen LogP contribution in [0.2, 0.25) is 0 Å². The van der Waals surface area contributed by atoms with Gasteiger partial charge in [0.2, 0.25) is 0 Å². The summed E-state index contributed by atoms with van der Waals surface area (Å²) in [6.45, 7) is 3.38. The van der Waals surface area contributed by atoms with Gasteiger partial charge < -0.3 is 15.5 Å². The molecular formula is C16H22N4. The molecule has 2 aliphatic heterocycles. The van der Waals surface area contributed by atoms with Crippen molar-refractivity contribution in [2.45, 2.75) is 25.3 Å². The van der Waals surface area contributed by atoms with Gasteiger partial charge in [-0.3, -0.25) is 0 Å². The number of likely N-dealkylation sites (tertiary alicyclic amines) is 1. The number of piperidine rings is 2. The molecule has 0 saturated carbocycles. The minimum absolute atomic E-state index is 0.638. The number of nitrogens with two attached hydrogens (primary N) is 1. The van der Waals surface area contributed by atoms with Crippen LogP contribution in [0.1, 0.15) is 24.8 Å². The number of fused-ring (bicyclic) bond motifs is 1. The van der Waals surface area contributed by atoms with E-state index in [0.717, 1.165) is 36.4 Å². The highest BCUT2D eigenvalue weighted by Gasteiger charge is 2.34. The van der Waals surface area contributed by atoms with E-state index in [-0.39, 0.29) is 0 Å². The number of anilines is 2. The molecule has 1 aromatic carbocycles. The first kappa shape index (κ1) is 13.3. The molecule has 0 spiro atoms. The van der Waals surface area contributed by atoms with Crippen LogP contribution in [0.4, 0.5) is 11.4 Å². The second-order valence-corrected chi connectivity index (χ2v) is 6.07. The minimum Gasteiger partial charge on any atom is -0.397 e. The Labute approximate surface area is 120 Å². The van der Waals surface area contributed by atoms with Gasteiger partial charge in [0.1, 0.15) is 0 Å². The average Bonchev–Trinajstić information content (AvgIpc) is 2.47. The Hall–Kier alpha value is -1.73. The Morgan fingerprint density at radius 2 is 2.15 bits per heavy atom. The van der Waals surface area contributed by atoms with Crippen molar-refractivity contribution in [2.75, 3.05) is 37.3 Å². The molecule has 2 unspecified atom stereocenters. The van der Waals surface area contributed by atoms with Gasteiger partial charge in [0, 0.05) is 19.1 Å². The van der Waals surface area contributed by atoms with E-state index in [9.17, 15) is 0 Å². The molecule has 2 N–H and O–H groups in total. The fourth-order valence-corrected chi connectivity index (χ4v) is 3.78. The molecule has 0 aromatic heterocycles. The smallest absolute Gasteiger partial charge is 0.0992 e. The summed E-state index contributed by atoms with van der Waals surface area (Å²) in [5, 5.41) is 8.92. The van der Waals surface area contributed by atoms with Gasteiger partial charge in [-0.1, -0.05) is 0 Å². The zero-order valence-corrected chi connectivity index (χ0v) is 12.0. The lowest BCUT2D eigenvalue weighted by Gasteiger charge is -2.46. The molecule has 4 nitrogen and oxygen atoms in total. The van der Waals surface area contributed by atoms with E-state index in [1.807, 2.05) is 12.1 Å². The van der Waals surface area contributed by atoms with Crippen LogP contribution in [-0.4, -0.2) is 37.6 Å². The highest BCUT2D eigenvalue weighted by Crippen LogP contribution is 2.34. The number of hydrogen-bond acceptors (Lipinski definition) is 4. The first-order valence-electron chi connectivity index (χ1n) is 7.44. The van der Waals surface area contributed by atoms with Gasteiger partial charge in [0.15, 0.2) is 0 Å². The molecule has 0 bridgehead atoms. The average molecular weight is 270 g/mol. The van der Waals surface area contributed by atoms with Crippen LogP contribution in [-0.2, 0) is 0 Å². The Kier molecular flexibility index (Phi) is 3.54. The summed E-state index contributed by atoms with van der Waals surface area (Å²) in [6.07, 6.45) is 3.83. The third kappa shape index (κ3) is 2.34. The molecule has 3 rings (SSSR count). The van der Waals surface area contributed by atoms with Crippen LogP contribution >= 0.6 is 0 Å². The molecule has 0 aliphatic carbocycles. The maximum absolute atomic E-state index is 8.92. The van der Waals surface area contributed by atoms with Crippen LogP contribution in [0.5, 0.6) is 0 Å². The molecule has 2 heterocycles. The predicted octanol–water partition coefficient (Wildman–Crippen LogP) is 2.06. The number of benzene rings is 1. The van der Waals surface area contributed by atoms with E-state index in [1.54, 1.807) is 6.07 Å². The lowest BCUT2D eigenvalue weighted by atomic mass is 9.84. The predicted molar refractivity (Wildman–Crippen MR) is 81.5 cm³/mol. The van der Waals surface area contributed by atoms with E-state index < -0.39 is 0 Å². The highest BCUT2D eigenvalue weighted by molar-refractivity contribution is 5.69. The van der Waals surface area contributed by atoms with Crippen molar-refractivity contribution in [3.05, 3.63) is 23.8 Å². The summed E-state index contributed by atoms with van der Waals surface area (Å²) in [5.74, 6) is 0.748. The van der Waals surface area contributed by atoms with Crippen molar-refractivity contribution in [1.29, 1.82) is 5.26 Å². The summed E-state index contributed by atoms with van der Waals surface area (Å²) in [4.78, 5) is 4.92. The monoisotopic (exact) mass is 270 g/mol. The topological polar surface area (TPSA) is 56.3 Å². The van der Waals surface area contributed by atoms with E-state index in [4.69, 9.17) is 11.0 Å². The van der Waals surface area contributed by atoms with Crippen LogP contribution in [0.15, 0.2) is 18.2 Å². The van der Waals surface area contributed by atoms with E-state index in [2.05, 4.69) is 22.9 Å². The normalized spacial score (nSPS) is 26.9. The zero-order chi connectivity index (χ0) is 14.1. The fraction of sp³-hybridized carbons (Fsp3) is 0.562.